The van der Waals surface area contributed by atoms with Gasteiger partial charge in [0.05, 0.1) is 36.4 Å². The average molecular weight is 609 g/mol. The minimum Gasteiger partial charge on any atom is -0.507 e. The van der Waals surface area contributed by atoms with Crippen molar-refractivity contribution in [3.8, 4) is 34.8 Å². The molecule has 3 aromatic carbocycles. The number of fused-ring (bicyclic) bond motifs is 10. The number of aromatic hydroxyl groups is 2. The van der Waals surface area contributed by atoms with Crippen molar-refractivity contribution in [1.82, 2.24) is 14.7 Å². The Bertz CT molecular complexity index is 1850. The van der Waals surface area contributed by atoms with Crippen LogP contribution in [0.5, 0.6) is 28.7 Å². The Kier molecular flexibility index (Phi) is 5.92. The second-order valence-corrected chi connectivity index (χ2v) is 12.5. The first kappa shape index (κ1) is 27.7. The average Bonchev–Trinajstić information content (AvgIpc) is 3.60. The maximum absolute atomic E-state index is 13.7. The van der Waals surface area contributed by atoms with Crippen LogP contribution in [0.3, 0.4) is 0 Å². The third kappa shape index (κ3) is 3.52. The number of aryl methyl sites for hydroxylation is 1. The predicted octanol–water partition coefficient (Wildman–Crippen LogP) is 3.52. The number of hydrogen-bond donors (Lipinski definition) is 2. The zero-order valence-electron chi connectivity index (χ0n) is 25.3. The highest BCUT2D eigenvalue weighted by atomic mass is 16.7. The van der Waals surface area contributed by atoms with E-state index in [0.29, 0.717) is 57.9 Å². The number of phenols is 2. The number of nitriles is 1. The van der Waals surface area contributed by atoms with Crippen molar-refractivity contribution in [1.29, 1.82) is 5.26 Å². The van der Waals surface area contributed by atoms with Crippen molar-refractivity contribution in [2.24, 2.45) is 0 Å². The molecule has 1 fully saturated rings. The number of carbonyl (C=O) groups excluding carboxylic acids is 2. The van der Waals surface area contributed by atoms with Crippen LogP contribution in [0, 0.1) is 25.2 Å². The Morgan fingerprint density at radius 1 is 1.00 bits per heavy atom. The summed E-state index contributed by atoms with van der Waals surface area (Å²) in [5, 5.41) is 34.1. The molecule has 0 aromatic heterocycles. The van der Waals surface area contributed by atoms with Crippen molar-refractivity contribution >= 4 is 11.8 Å². The quantitative estimate of drug-likeness (QED) is 0.425. The highest BCUT2D eigenvalue weighted by Gasteiger charge is 2.57. The van der Waals surface area contributed by atoms with Gasteiger partial charge in [0.15, 0.2) is 23.0 Å². The predicted molar refractivity (Wildman–Crippen MR) is 160 cm³/mol. The number of phenolic OH excluding ortho intramolecular Hbond substituents is 2. The van der Waals surface area contributed by atoms with Gasteiger partial charge in [-0.3, -0.25) is 24.3 Å². The lowest BCUT2D eigenvalue weighted by Gasteiger charge is -2.60. The number of ether oxygens (including phenoxy) is 3. The first-order valence-electron chi connectivity index (χ1n) is 15.0. The van der Waals surface area contributed by atoms with E-state index in [4.69, 9.17) is 14.2 Å². The van der Waals surface area contributed by atoms with E-state index < -0.39 is 29.9 Å². The number of rotatable bonds is 3. The molecule has 2 unspecified atom stereocenters. The van der Waals surface area contributed by atoms with Crippen LogP contribution in [0.4, 0.5) is 0 Å². The first-order chi connectivity index (χ1) is 21.7. The van der Waals surface area contributed by atoms with Gasteiger partial charge in [-0.1, -0.05) is 18.2 Å². The summed E-state index contributed by atoms with van der Waals surface area (Å²) in [6.45, 7) is 3.56. The lowest BCUT2D eigenvalue weighted by atomic mass is 9.71. The fourth-order valence-corrected chi connectivity index (χ4v) is 8.60. The second-order valence-electron chi connectivity index (χ2n) is 12.5. The van der Waals surface area contributed by atoms with Gasteiger partial charge in [-0.25, -0.2) is 0 Å². The molecule has 2 N–H and O–H groups in total. The molecule has 0 saturated carbocycles. The number of piperazine rings is 1. The van der Waals surface area contributed by atoms with Gasteiger partial charge in [0, 0.05) is 40.9 Å². The van der Waals surface area contributed by atoms with Gasteiger partial charge in [0.2, 0.25) is 6.79 Å². The molecule has 2 bridgehead atoms. The standard InChI is InChI=1S/C34H32N4O7/c1-15-9-17-10-21-23(12-35)38-22(27(36(21)3)25(17)29(40)30(15)43-4)11-20-26(32-31(44-14-45-32)16(2)28(20)39)24(38)13-37-33(41)18-7-5-6-8-19(18)34(37)42/h5-9,21-24,27,39-40H,10-11,13-14H2,1-4H3/t21-,22?,23-,24?,27-/m0/s1. The van der Waals surface area contributed by atoms with Crippen LogP contribution >= 0.6 is 0 Å². The summed E-state index contributed by atoms with van der Waals surface area (Å²) >= 11 is 0. The van der Waals surface area contributed by atoms with Crippen LogP contribution in [0.2, 0.25) is 0 Å². The third-order valence-electron chi connectivity index (χ3n) is 10.5. The highest BCUT2D eigenvalue weighted by molar-refractivity contribution is 6.21. The van der Waals surface area contributed by atoms with E-state index >= 15 is 0 Å². The Morgan fingerprint density at radius 3 is 2.36 bits per heavy atom. The molecular weight excluding hydrogens is 576 g/mol. The molecule has 0 aliphatic carbocycles. The Labute approximate surface area is 259 Å². The molecule has 5 heterocycles. The SMILES string of the molecule is COc1c(C)cc2c(c1O)[C@@H]1C3Cc4c(O)c(C)c5c(c4C(CN4C(=O)c6ccccc6C4=O)N3[C@@H](C#N)[C@H](C2)N1C)OCO5. The molecule has 11 heteroatoms. The monoisotopic (exact) mass is 608 g/mol. The fourth-order valence-electron chi connectivity index (χ4n) is 8.60. The number of benzene rings is 3. The Morgan fingerprint density at radius 2 is 1.69 bits per heavy atom. The van der Waals surface area contributed by atoms with E-state index in [2.05, 4.69) is 15.9 Å². The topological polar surface area (TPSA) is 136 Å². The summed E-state index contributed by atoms with van der Waals surface area (Å²) in [7, 11) is 3.49. The van der Waals surface area contributed by atoms with Crippen LogP contribution in [-0.2, 0) is 12.8 Å². The van der Waals surface area contributed by atoms with Gasteiger partial charge < -0.3 is 24.4 Å². The van der Waals surface area contributed by atoms with Gasteiger partial charge >= 0.3 is 0 Å². The molecule has 5 aliphatic rings. The van der Waals surface area contributed by atoms with Gasteiger partial charge in [0.1, 0.15) is 11.8 Å². The molecule has 2 amide bonds. The summed E-state index contributed by atoms with van der Waals surface area (Å²) < 4.78 is 17.4. The number of imide groups is 1. The number of likely N-dealkylation sites (N-methyl/N-ethyl adjacent to an activating group) is 1. The van der Waals surface area contributed by atoms with Gasteiger partial charge in [-0.05, 0) is 57.0 Å². The molecular formula is C34H32N4O7. The van der Waals surface area contributed by atoms with Crippen molar-refractivity contribution < 1.29 is 34.0 Å². The third-order valence-corrected chi connectivity index (χ3v) is 10.5. The van der Waals surface area contributed by atoms with Crippen molar-refractivity contribution in [2.45, 2.75) is 56.9 Å². The minimum absolute atomic E-state index is 0.0364. The molecule has 3 aromatic rings. The van der Waals surface area contributed by atoms with Crippen molar-refractivity contribution in [3.05, 3.63) is 74.8 Å². The number of carbonyl (C=O) groups is 2. The van der Waals surface area contributed by atoms with E-state index in [1.807, 2.05) is 20.0 Å². The van der Waals surface area contributed by atoms with Crippen LogP contribution in [0.15, 0.2) is 30.3 Å². The molecule has 1 saturated heterocycles. The van der Waals surface area contributed by atoms with E-state index in [-0.39, 0.29) is 36.9 Å². The molecule has 0 radical (unpaired) electrons. The number of nitrogens with zero attached hydrogens (tertiary/aromatic N) is 4. The molecule has 45 heavy (non-hydrogen) atoms. The second kappa shape index (κ2) is 9.60. The summed E-state index contributed by atoms with van der Waals surface area (Å²) in [4.78, 5) is 32.8. The van der Waals surface area contributed by atoms with Crippen molar-refractivity contribution in [2.75, 3.05) is 27.5 Å². The number of amides is 2. The maximum atomic E-state index is 13.7. The van der Waals surface area contributed by atoms with Gasteiger partial charge in [-0.2, -0.15) is 5.26 Å². The molecule has 5 aliphatic heterocycles. The zero-order valence-corrected chi connectivity index (χ0v) is 25.3. The first-order valence-corrected chi connectivity index (χ1v) is 15.0. The minimum atomic E-state index is -0.706. The van der Waals surface area contributed by atoms with E-state index in [9.17, 15) is 25.1 Å². The van der Waals surface area contributed by atoms with Crippen LogP contribution in [0.25, 0.3) is 0 Å². The Balaban J connectivity index is 1.35. The van der Waals surface area contributed by atoms with Gasteiger partial charge in [-0.15, -0.1) is 0 Å². The van der Waals surface area contributed by atoms with Crippen LogP contribution in [0.1, 0.15) is 66.2 Å². The zero-order chi connectivity index (χ0) is 31.5. The maximum Gasteiger partial charge on any atom is 0.261 e. The Hall–Kier alpha value is -4.79. The van der Waals surface area contributed by atoms with E-state index in [0.717, 1.165) is 16.7 Å². The number of methoxy groups -OCH3 is 1. The number of hydrogen-bond acceptors (Lipinski definition) is 10. The lowest BCUT2D eigenvalue weighted by molar-refractivity contribution is -0.0758. The summed E-state index contributed by atoms with van der Waals surface area (Å²) in [5.74, 6) is 0.583. The molecule has 230 valence electrons. The summed E-state index contributed by atoms with van der Waals surface area (Å²) in [6.07, 6.45) is 0.831. The highest BCUT2D eigenvalue weighted by Crippen LogP contribution is 2.58. The normalized spacial score (nSPS) is 26.2. The largest absolute Gasteiger partial charge is 0.507 e. The summed E-state index contributed by atoms with van der Waals surface area (Å²) in [5.41, 5.74) is 4.92. The van der Waals surface area contributed by atoms with E-state index in [1.165, 1.54) is 12.0 Å². The molecule has 11 nitrogen and oxygen atoms in total. The fraction of sp³-hybridized carbons (Fsp3) is 0.382. The lowest BCUT2D eigenvalue weighted by Crippen LogP contribution is -2.68. The molecule has 8 rings (SSSR count). The smallest absolute Gasteiger partial charge is 0.261 e. The van der Waals surface area contributed by atoms with Crippen LogP contribution in [-0.4, -0.2) is 82.3 Å². The summed E-state index contributed by atoms with van der Waals surface area (Å²) in [6, 6.07) is 8.91. The van der Waals surface area contributed by atoms with Crippen LogP contribution < -0.4 is 14.2 Å². The molecule has 5 atom stereocenters. The van der Waals surface area contributed by atoms with Crippen molar-refractivity contribution in [3.63, 3.8) is 0 Å². The van der Waals surface area contributed by atoms with Gasteiger partial charge in [0.25, 0.3) is 11.8 Å². The van der Waals surface area contributed by atoms with E-state index in [1.54, 1.807) is 31.2 Å². The molecule has 0 spiro atoms.